The van der Waals surface area contributed by atoms with Gasteiger partial charge in [-0.3, -0.25) is 4.79 Å². The van der Waals surface area contributed by atoms with Crippen LogP contribution < -0.4 is 0 Å². The first-order valence-corrected chi connectivity index (χ1v) is 8.32. The number of thioether (sulfide) groups is 1. The molecular formula is C13H13N3O3S2. The lowest BCUT2D eigenvalue weighted by Crippen LogP contribution is -2.41. The van der Waals surface area contributed by atoms with Gasteiger partial charge in [-0.2, -0.15) is 0 Å². The molecule has 0 aromatic carbocycles. The minimum atomic E-state index is -0.963. The molecule has 1 atom stereocenters. The zero-order chi connectivity index (χ0) is 15.0. The molecule has 1 saturated heterocycles. The second-order valence-corrected chi connectivity index (χ2v) is 6.74. The van der Waals surface area contributed by atoms with E-state index in [4.69, 9.17) is 5.11 Å². The van der Waals surface area contributed by atoms with Crippen molar-refractivity contribution >= 4 is 35.0 Å². The number of amides is 1. The summed E-state index contributed by atoms with van der Waals surface area (Å²) in [5.41, 5.74) is 2.05. The summed E-state index contributed by atoms with van der Waals surface area (Å²) in [6, 6.07) is 0.967. The van der Waals surface area contributed by atoms with Gasteiger partial charge in [-0.15, -0.1) is 23.1 Å². The van der Waals surface area contributed by atoms with Crippen molar-refractivity contribution in [3.05, 3.63) is 28.3 Å². The van der Waals surface area contributed by atoms with E-state index in [1.807, 2.05) is 12.3 Å². The maximum atomic E-state index is 12.4. The van der Waals surface area contributed by atoms with Crippen molar-refractivity contribution in [3.63, 3.8) is 0 Å². The van der Waals surface area contributed by atoms with Crippen molar-refractivity contribution < 1.29 is 14.7 Å². The van der Waals surface area contributed by atoms with Crippen molar-refractivity contribution in [3.8, 4) is 11.3 Å². The molecule has 1 aliphatic heterocycles. The Morgan fingerprint density at radius 1 is 1.52 bits per heavy atom. The highest BCUT2D eigenvalue weighted by Crippen LogP contribution is 2.26. The molecule has 6 nitrogen and oxygen atoms in total. The number of rotatable bonds is 3. The van der Waals surface area contributed by atoms with Crippen molar-refractivity contribution in [1.29, 1.82) is 0 Å². The number of carbonyl (C=O) groups is 2. The standard InChI is InChI=1S/C13H13N3O3S2/c1-7-15-10(4-21-7)8-2-9(14-3-8)12(17)16-6-20-5-11(16)13(18)19/h2-4,11,14H,5-6H2,1H3,(H,18,19)/t11-/m0/s1. The Kier molecular flexibility index (Phi) is 3.73. The number of carboxylic acids is 1. The second kappa shape index (κ2) is 5.53. The SMILES string of the molecule is Cc1nc(-c2c[nH]c(C(=O)N3CSC[C@H]3C(=O)O)c2)cs1. The summed E-state index contributed by atoms with van der Waals surface area (Å²) in [4.78, 5) is 32.2. The summed E-state index contributed by atoms with van der Waals surface area (Å²) in [7, 11) is 0. The van der Waals surface area contributed by atoms with Gasteiger partial charge in [-0.05, 0) is 13.0 Å². The molecule has 0 unspecified atom stereocenters. The van der Waals surface area contributed by atoms with Gasteiger partial charge in [0.05, 0.1) is 16.6 Å². The number of aliphatic carboxylic acids is 1. The second-order valence-electron chi connectivity index (χ2n) is 4.68. The maximum Gasteiger partial charge on any atom is 0.327 e. The molecule has 3 rings (SSSR count). The van der Waals surface area contributed by atoms with Gasteiger partial charge in [0.1, 0.15) is 11.7 Å². The summed E-state index contributed by atoms with van der Waals surface area (Å²) in [6.07, 6.45) is 1.72. The van der Waals surface area contributed by atoms with Crippen LogP contribution in [0.5, 0.6) is 0 Å². The zero-order valence-electron chi connectivity index (χ0n) is 11.2. The van der Waals surface area contributed by atoms with Crippen molar-refractivity contribution in [2.24, 2.45) is 0 Å². The molecule has 3 heterocycles. The van der Waals surface area contributed by atoms with Gasteiger partial charge < -0.3 is 15.0 Å². The van der Waals surface area contributed by atoms with E-state index in [9.17, 15) is 9.59 Å². The molecule has 110 valence electrons. The van der Waals surface area contributed by atoms with Crippen LogP contribution in [-0.4, -0.2) is 49.5 Å². The monoisotopic (exact) mass is 323 g/mol. The van der Waals surface area contributed by atoms with Crippen LogP contribution in [0.2, 0.25) is 0 Å². The number of H-pyrrole nitrogens is 1. The lowest BCUT2D eigenvalue weighted by Gasteiger charge is -2.19. The van der Waals surface area contributed by atoms with E-state index < -0.39 is 12.0 Å². The van der Waals surface area contributed by atoms with Gasteiger partial charge in [0.25, 0.3) is 5.91 Å². The van der Waals surface area contributed by atoms with E-state index in [0.29, 0.717) is 17.3 Å². The number of hydrogen-bond donors (Lipinski definition) is 2. The molecule has 1 aliphatic rings. The van der Waals surface area contributed by atoms with Crippen LogP contribution in [0.4, 0.5) is 0 Å². The minimum Gasteiger partial charge on any atom is -0.480 e. The number of aromatic amines is 1. The number of carboxylic acid groups (broad SMARTS) is 1. The van der Waals surface area contributed by atoms with E-state index in [2.05, 4.69) is 9.97 Å². The average Bonchev–Trinajstić information content (AvgIpc) is 3.17. The first-order chi connectivity index (χ1) is 10.1. The van der Waals surface area contributed by atoms with E-state index in [-0.39, 0.29) is 5.91 Å². The number of aryl methyl sites for hydroxylation is 1. The molecule has 21 heavy (non-hydrogen) atoms. The largest absolute Gasteiger partial charge is 0.480 e. The molecule has 1 fully saturated rings. The lowest BCUT2D eigenvalue weighted by molar-refractivity contribution is -0.140. The van der Waals surface area contributed by atoms with E-state index in [1.165, 1.54) is 16.7 Å². The first kappa shape index (κ1) is 14.2. The Morgan fingerprint density at radius 2 is 2.33 bits per heavy atom. The molecule has 8 heteroatoms. The highest BCUT2D eigenvalue weighted by Gasteiger charge is 2.35. The number of carbonyl (C=O) groups excluding carboxylic acids is 1. The summed E-state index contributed by atoms with van der Waals surface area (Å²) in [6.45, 7) is 1.92. The first-order valence-electron chi connectivity index (χ1n) is 6.28. The summed E-state index contributed by atoms with van der Waals surface area (Å²) in [5, 5.41) is 12.0. The van der Waals surface area contributed by atoms with Gasteiger partial charge in [-0.25, -0.2) is 9.78 Å². The predicted molar refractivity (Wildman–Crippen MR) is 81.6 cm³/mol. The third kappa shape index (κ3) is 2.68. The van der Waals surface area contributed by atoms with Gasteiger partial charge in [0, 0.05) is 22.9 Å². The Labute approximate surface area is 129 Å². The smallest absolute Gasteiger partial charge is 0.327 e. The Morgan fingerprint density at radius 3 is 3.00 bits per heavy atom. The van der Waals surface area contributed by atoms with Crippen LogP contribution in [0, 0.1) is 6.92 Å². The maximum absolute atomic E-state index is 12.4. The fourth-order valence-corrected chi connectivity index (χ4v) is 3.93. The summed E-state index contributed by atoms with van der Waals surface area (Å²) in [5.74, 6) is -0.416. The van der Waals surface area contributed by atoms with Crippen LogP contribution >= 0.6 is 23.1 Å². The fraction of sp³-hybridized carbons (Fsp3) is 0.308. The quantitative estimate of drug-likeness (QED) is 0.903. The van der Waals surface area contributed by atoms with Gasteiger partial charge in [0.15, 0.2) is 0 Å². The number of aromatic nitrogens is 2. The highest BCUT2D eigenvalue weighted by atomic mass is 32.2. The van der Waals surface area contributed by atoms with Crippen LogP contribution in [0.3, 0.4) is 0 Å². The number of hydrogen-bond acceptors (Lipinski definition) is 5. The molecule has 2 aromatic heterocycles. The fourth-order valence-electron chi connectivity index (χ4n) is 2.16. The van der Waals surface area contributed by atoms with Crippen molar-refractivity contribution in [2.45, 2.75) is 13.0 Å². The Balaban J connectivity index is 1.83. The minimum absolute atomic E-state index is 0.286. The van der Waals surface area contributed by atoms with E-state index in [1.54, 1.807) is 23.6 Å². The predicted octanol–water partition coefficient (Wildman–Crippen LogP) is 2.05. The molecule has 2 aromatic rings. The van der Waals surface area contributed by atoms with Crippen LogP contribution in [0.1, 0.15) is 15.5 Å². The Bertz CT molecular complexity index is 694. The lowest BCUT2D eigenvalue weighted by atomic mass is 10.2. The molecular weight excluding hydrogens is 310 g/mol. The molecule has 0 aliphatic carbocycles. The number of nitrogens with zero attached hydrogens (tertiary/aromatic N) is 2. The summed E-state index contributed by atoms with van der Waals surface area (Å²) < 4.78 is 0. The summed E-state index contributed by atoms with van der Waals surface area (Å²) >= 11 is 2.99. The molecule has 0 radical (unpaired) electrons. The van der Waals surface area contributed by atoms with Crippen LogP contribution in [0.15, 0.2) is 17.6 Å². The number of thiazole rings is 1. The van der Waals surface area contributed by atoms with Crippen LogP contribution in [0.25, 0.3) is 11.3 Å². The third-order valence-corrected chi connectivity index (χ3v) is 5.04. The topological polar surface area (TPSA) is 86.3 Å². The number of nitrogens with one attached hydrogen (secondary N) is 1. The van der Waals surface area contributed by atoms with Gasteiger partial charge >= 0.3 is 5.97 Å². The zero-order valence-corrected chi connectivity index (χ0v) is 12.8. The van der Waals surface area contributed by atoms with Crippen molar-refractivity contribution in [2.75, 3.05) is 11.6 Å². The van der Waals surface area contributed by atoms with Crippen molar-refractivity contribution in [1.82, 2.24) is 14.9 Å². The normalized spacial score (nSPS) is 18.1. The molecule has 0 spiro atoms. The Hall–Kier alpha value is -1.80. The molecule has 2 N–H and O–H groups in total. The average molecular weight is 323 g/mol. The molecule has 1 amide bonds. The van der Waals surface area contributed by atoms with E-state index in [0.717, 1.165) is 16.3 Å². The van der Waals surface area contributed by atoms with Gasteiger partial charge in [-0.1, -0.05) is 0 Å². The molecule has 0 bridgehead atoms. The van der Waals surface area contributed by atoms with Gasteiger partial charge in [0.2, 0.25) is 0 Å². The van der Waals surface area contributed by atoms with Crippen LogP contribution in [-0.2, 0) is 4.79 Å². The van der Waals surface area contributed by atoms with E-state index >= 15 is 0 Å². The third-order valence-electron chi connectivity index (χ3n) is 3.26. The highest BCUT2D eigenvalue weighted by molar-refractivity contribution is 7.99. The molecule has 0 saturated carbocycles.